The lowest BCUT2D eigenvalue weighted by molar-refractivity contribution is 0.410. The minimum Gasteiger partial charge on any atom is -0.302 e. The van der Waals surface area contributed by atoms with Gasteiger partial charge in [0.05, 0.1) is 0 Å². The lowest BCUT2D eigenvalue weighted by Gasteiger charge is -2.25. The zero-order valence-electron chi connectivity index (χ0n) is 12.5. The Labute approximate surface area is 127 Å². The maximum atomic E-state index is 3.87. The predicted octanol–water partition coefficient (Wildman–Crippen LogP) is 5.72. The summed E-state index contributed by atoms with van der Waals surface area (Å²) < 4.78 is 0. The van der Waals surface area contributed by atoms with E-state index in [4.69, 9.17) is 0 Å². The van der Waals surface area contributed by atoms with Crippen molar-refractivity contribution < 1.29 is 0 Å². The Bertz CT molecular complexity index is 463. The van der Waals surface area contributed by atoms with Crippen LogP contribution in [0.4, 0.5) is 0 Å². The molecule has 20 heavy (non-hydrogen) atoms. The molecule has 2 unspecified atom stereocenters. The highest BCUT2D eigenvalue weighted by molar-refractivity contribution is 7.10. The number of hydrogen-bond acceptors (Lipinski definition) is 2. The van der Waals surface area contributed by atoms with Crippen LogP contribution in [0.25, 0.3) is 0 Å². The van der Waals surface area contributed by atoms with E-state index >= 15 is 0 Å². The van der Waals surface area contributed by atoms with Crippen LogP contribution in [-0.4, -0.2) is 0 Å². The van der Waals surface area contributed by atoms with Gasteiger partial charge in [0, 0.05) is 17.0 Å². The summed E-state index contributed by atoms with van der Waals surface area (Å²) in [6, 6.07) is 16.2. The van der Waals surface area contributed by atoms with Gasteiger partial charge in [0.25, 0.3) is 0 Å². The molecule has 1 heterocycles. The van der Waals surface area contributed by atoms with Crippen LogP contribution in [0.5, 0.6) is 0 Å². The summed E-state index contributed by atoms with van der Waals surface area (Å²) >= 11 is 1.85. The number of benzene rings is 1. The molecule has 0 aliphatic heterocycles. The second-order valence-electron chi connectivity index (χ2n) is 5.25. The number of unbranched alkanes of at least 4 members (excludes halogenated alkanes) is 1. The molecule has 0 saturated carbocycles. The first-order valence-electron chi connectivity index (χ1n) is 7.69. The monoisotopic (exact) mass is 287 g/mol. The summed E-state index contributed by atoms with van der Waals surface area (Å²) in [6.45, 7) is 4.53. The highest BCUT2D eigenvalue weighted by Crippen LogP contribution is 2.28. The zero-order valence-corrected chi connectivity index (χ0v) is 13.3. The molecule has 108 valence electrons. The third-order valence-electron chi connectivity index (χ3n) is 3.75. The van der Waals surface area contributed by atoms with Gasteiger partial charge < -0.3 is 5.32 Å². The van der Waals surface area contributed by atoms with Gasteiger partial charge in [-0.15, -0.1) is 11.3 Å². The summed E-state index contributed by atoms with van der Waals surface area (Å²) in [5.41, 5.74) is 1.41. The maximum absolute atomic E-state index is 3.87. The van der Waals surface area contributed by atoms with Crippen molar-refractivity contribution in [2.75, 3.05) is 0 Å². The highest BCUT2D eigenvalue weighted by atomic mass is 32.1. The molecule has 2 heteroatoms. The van der Waals surface area contributed by atoms with Crippen LogP contribution in [0.15, 0.2) is 47.8 Å². The van der Waals surface area contributed by atoms with Crippen molar-refractivity contribution >= 4 is 11.3 Å². The summed E-state index contributed by atoms with van der Waals surface area (Å²) in [4.78, 5) is 1.45. The van der Waals surface area contributed by atoms with Crippen LogP contribution in [-0.2, 0) is 0 Å². The van der Waals surface area contributed by atoms with E-state index in [1.807, 2.05) is 11.3 Å². The summed E-state index contributed by atoms with van der Waals surface area (Å²) in [5, 5.41) is 6.04. The molecule has 0 fully saturated rings. The van der Waals surface area contributed by atoms with Crippen LogP contribution in [0.1, 0.15) is 62.1 Å². The molecule has 2 atom stereocenters. The molecule has 1 aromatic carbocycles. The van der Waals surface area contributed by atoms with Gasteiger partial charge in [-0.2, -0.15) is 0 Å². The van der Waals surface area contributed by atoms with E-state index in [1.165, 1.54) is 29.7 Å². The van der Waals surface area contributed by atoms with Crippen molar-refractivity contribution in [2.45, 2.75) is 51.6 Å². The number of hydrogen-bond donors (Lipinski definition) is 1. The van der Waals surface area contributed by atoms with E-state index in [0.717, 1.165) is 6.42 Å². The van der Waals surface area contributed by atoms with Crippen molar-refractivity contribution in [3.8, 4) is 0 Å². The normalized spacial score (nSPS) is 14.1. The third-order valence-corrected chi connectivity index (χ3v) is 4.73. The van der Waals surface area contributed by atoms with Crippen LogP contribution < -0.4 is 5.32 Å². The molecular weight excluding hydrogens is 262 g/mol. The Morgan fingerprint density at radius 2 is 1.80 bits per heavy atom. The first-order chi connectivity index (χ1) is 9.85. The number of nitrogens with one attached hydrogen (secondary N) is 1. The van der Waals surface area contributed by atoms with Gasteiger partial charge in [0.1, 0.15) is 0 Å². The van der Waals surface area contributed by atoms with Crippen molar-refractivity contribution in [3.63, 3.8) is 0 Å². The van der Waals surface area contributed by atoms with E-state index < -0.39 is 0 Å². The lowest BCUT2D eigenvalue weighted by Crippen LogP contribution is -2.25. The summed E-state index contributed by atoms with van der Waals surface area (Å²) in [7, 11) is 0. The van der Waals surface area contributed by atoms with Crippen molar-refractivity contribution in [3.05, 3.63) is 58.3 Å². The van der Waals surface area contributed by atoms with E-state index in [2.05, 4.69) is 67.0 Å². The molecule has 1 aromatic heterocycles. The van der Waals surface area contributed by atoms with Crippen LogP contribution in [0.2, 0.25) is 0 Å². The predicted molar refractivity (Wildman–Crippen MR) is 89.2 cm³/mol. The molecule has 2 aromatic rings. The minimum absolute atomic E-state index is 0.461. The summed E-state index contributed by atoms with van der Waals surface area (Å²) in [6.07, 6.45) is 4.87. The Kier molecular flexibility index (Phi) is 6.28. The molecule has 0 saturated heterocycles. The Hall–Kier alpha value is -1.12. The fraction of sp³-hybridized carbons (Fsp3) is 0.444. The second-order valence-corrected chi connectivity index (χ2v) is 6.23. The summed E-state index contributed by atoms with van der Waals surface area (Å²) in [5.74, 6) is 0. The van der Waals surface area contributed by atoms with Crippen LogP contribution in [0.3, 0.4) is 0 Å². The number of rotatable bonds is 8. The Morgan fingerprint density at radius 3 is 2.40 bits per heavy atom. The first-order valence-corrected chi connectivity index (χ1v) is 8.57. The Balaban J connectivity index is 2.10. The molecule has 2 rings (SSSR count). The van der Waals surface area contributed by atoms with E-state index in [1.54, 1.807) is 0 Å². The van der Waals surface area contributed by atoms with Gasteiger partial charge in [-0.05, 0) is 29.9 Å². The Morgan fingerprint density at radius 1 is 1.00 bits per heavy atom. The highest BCUT2D eigenvalue weighted by Gasteiger charge is 2.17. The van der Waals surface area contributed by atoms with Crippen molar-refractivity contribution in [1.82, 2.24) is 5.32 Å². The molecule has 0 spiro atoms. The second kappa shape index (κ2) is 8.23. The van der Waals surface area contributed by atoms with Crippen molar-refractivity contribution in [1.29, 1.82) is 0 Å². The fourth-order valence-electron chi connectivity index (χ4n) is 2.57. The zero-order chi connectivity index (χ0) is 14.2. The SMILES string of the molecule is CCCCC(NC(CC)c1cccs1)c1ccccc1. The average Bonchev–Trinajstić information content (AvgIpc) is 3.03. The minimum atomic E-state index is 0.461. The molecular formula is C18H25NS. The molecule has 0 bridgehead atoms. The van der Waals surface area contributed by atoms with Gasteiger partial charge in [-0.3, -0.25) is 0 Å². The number of thiophene rings is 1. The van der Waals surface area contributed by atoms with E-state index in [9.17, 15) is 0 Å². The topological polar surface area (TPSA) is 12.0 Å². The largest absolute Gasteiger partial charge is 0.302 e. The molecule has 0 radical (unpaired) electrons. The van der Waals surface area contributed by atoms with Gasteiger partial charge in [-0.25, -0.2) is 0 Å². The van der Waals surface area contributed by atoms with Gasteiger partial charge in [0.15, 0.2) is 0 Å². The average molecular weight is 287 g/mol. The van der Waals surface area contributed by atoms with Gasteiger partial charge >= 0.3 is 0 Å². The van der Waals surface area contributed by atoms with E-state index in [-0.39, 0.29) is 0 Å². The molecule has 1 nitrogen and oxygen atoms in total. The molecule has 0 aliphatic carbocycles. The third kappa shape index (κ3) is 4.19. The van der Waals surface area contributed by atoms with Crippen LogP contribution in [0, 0.1) is 0 Å². The molecule has 0 amide bonds. The smallest absolute Gasteiger partial charge is 0.0417 e. The van der Waals surface area contributed by atoms with Crippen LogP contribution >= 0.6 is 11.3 Å². The first kappa shape index (κ1) is 15.3. The van der Waals surface area contributed by atoms with Gasteiger partial charge in [0.2, 0.25) is 0 Å². The molecule has 1 N–H and O–H groups in total. The molecule has 0 aliphatic rings. The fourth-order valence-corrected chi connectivity index (χ4v) is 3.44. The van der Waals surface area contributed by atoms with Gasteiger partial charge in [-0.1, -0.05) is 63.1 Å². The van der Waals surface area contributed by atoms with Crippen molar-refractivity contribution in [2.24, 2.45) is 0 Å². The van der Waals surface area contributed by atoms with E-state index in [0.29, 0.717) is 12.1 Å². The standard InChI is InChI=1S/C18H25NS/c1-3-5-12-17(15-10-7-6-8-11-15)19-16(4-2)18-13-9-14-20-18/h6-11,13-14,16-17,19H,3-5,12H2,1-2H3. The maximum Gasteiger partial charge on any atom is 0.0417 e. The quantitative estimate of drug-likeness (QED) is 0.654. The lowest BCUT2D eigenvalue weighted by atomic mass is 9.99.